The highest BCUT2D eigenvalue weighted by molar-refractivity contribution is 5.76. The number of aliphatic hydroxyl groups excluding tert-OH is 5. The molecule has 6 N–H and O–H groups in total. The molecule has 0 saturated carbocycles. The van der Waals surface area contributed by atoms with Gasteiger partial charge < -0.3 is 40.3 Å². The molecule has 1 heterocycles. The van der Waals surface area contributed by atoms with Gasteiger partial charge in [-0.2, -0.15) is 0 Å². The smallest absolute Gasteiger partial charge is 0.220 e. The predicted molar refractivity (Wildman–Crippen MR) is 281 cm³/mol. The molecule has 0 aliphatic carbocycles. The normalized spacial score (nSPS) is 19.9. The molecule has 9 nitrogen and oxygen atoms in total. The molecule has 1 aliphatic heterocycles. The van der Waals surface area contributed by atoms with Gasteiger partial charge in [0, 0.05) is 6.42 Å². The van der Waals surface area contributed by atoms with Gasteiger partial charge in [0.25, 0.3) is 0 Å². The Balaban J connectivity index is 2.23. The third kappa shape index (κ3) is 37.9. The van der Waals surface area contributed by atoms with Crippen LogP contribution < -0.4 is 5.32 Å². The first-order valence-electron chi connectivity index (χ1n) is 28.7. The van der Waals surface area contributed by atoms with Crippen LogP contribution in [0.3, 0.4) is 0 Å². The van der Waals surface area contributed by atoms with E-state index in [2.05, 4.69) is 43.5 Å². The van der Waals surface area contributed by atoms with Crippen molar-refractivity contribution in [3.8, 4) is 0 Å². The molecule has 1 fully saturated rings. The molecule has 0 radical (unpaired) electrons. The van der Waals surface area contributed by atoms with Crippen molar-refractivity contribution in [1.82, 2.24) is 5.32 Å². The molecule has 394 valence electrons. The zero-order chi connectivity index (χ0) is 48.7. The van der Waals surface area contributed by atoms with E-state index >= 15 is 0 Å². The number of carbonyl (C=O) groups is 1. The summed E-state index contributed by atoms with van der Waals surface area (Å²) in [5.74, 6) is -0.175. The number of carbonyl (C=O) groups excluding carboxylic acids is 1. The Bertz CT molecular complexity index is 1150. The van der Waals surface area contributed by atoms with Gasteiger partial charge in [-0.1, -0.05) is 256 Å². The quantitative estimate of drug-likeness (QED) is 0.0261. The highest BCUT2D eigenvalue weighted by Gasteiger charge is 2.44. The fraction of sp³-hybridized carbons (Fsp3) is 0.879. The number of rotatable bonds is 49. The summed E-state index contributed by atoms with van der Waals surface area (Å²) >= 11 is 0. The highest BCUT2D eigenvalue weighted by Crippen LogP contribution is 2.23. The molecule has 67 heavy (non-hydrogen) atoms. The van der Waals surface area contributed by atoms with Crippen molar-refractivity contribution in [2.45, 2.75) is 314 Å². The molecule has 0 spiro atoms. The van der Waals surface area contributed by atoms with E-state index < -0.39 is 49.5 Å². The average molecular weight is 949 g/mol. The van der Waals surface area contributed by atoms with E-state index in [-0.39, 0.29) is 12.5 Å². The molecular formula is C58H109NO8. The monoisotopic (exact) mass is 948 g/mol. The van der Waals surface area contributed by atoms with Crippen molar-refractivity contribution < 1.29 is 39.8 Å². The van der Waals surface area contributed by atoms with Crippen molar-refractivity contribution >= 4 is 5.91 Å². The Hall–Kier alpha value is -1.59. The van der Waals surface area contributed by atoms with E-state index in [9.17, 15) is 30.3 Å². The number of nitrogens with one attached hydrogen (secondary N) is 1. The molecule has 1 rings (SSSR count). The molecule has 9 heteroatoms. The number of allylic oxidation sites excluding steroid dienone is 5. The maximum Gasteiger partial charge on any atom is 0.220 e. The lowest BCUT2D eigenvalue weighted by molar-refractivity contribution is -0.302. The number of amides is 1. The predicted octanol–water partition coefficient (Wildman–Crippen LogP) is 14.0. The van der Waals surface area contributed by atoms with Gasteiger partial charge in [0.1, 0.15) is 24.4 Å². The molecule has 1 amide bonds. The van der Waals surface area contributed by atoms with E-state index in [1.807, 2.05) is 6.08 Å². The lowest BCUT2D eigenvalue weighted by atomic mass is 9.99. The van der Waals surface area contributed by atoms with Crippen LogP contribution >= 0.6 is 0 Å². The third-order valence-corrected chi connectivity index (χ3v) is 13.7. The van der Waals surface area contributed by atoms with Gasteiger partial charge in [-0.25, -0.2) is 0 Å². The van der Waals surface area contributed by atoms with Crippen molar-refractivity contribution in [2.24, 2.45) is 0 Å². The molecule has 7 atom stereocenters. The second-order valence-corrected chi connectivity index (χ2v) is 20.1. The number of hydrogen-bond donors (Lipinski definition) is 6. The molecule has 7 unspecified atom stereocenters. The van der Waals surface area contributed by atoms with Crippen LogP contribution in [0.5, 0.6) is 0 Å². The van der Waals surface area contributed by atoms with Gasteiger partial charge in [-0.05, 0) is 44.9 Å². The average Bonchev–Trinajstić information content (AvgIpc) is 3.33. The van der Waals surface area contributed by atoms with Crippen LogP contribution in [0.1, 0.15) is 271 Å². The number of ether oxygens (including phenoxy) is 2. The van der Waals surface area contributed by atoms with Crippen LogP contribution in [-0.2, 0) is 14.3 Å². The van der Waals surface area contributed by atoms with Crippen LogP contribution in [0.4, 0.5) is 0 Å². The van der Waals surface area contributed by atoms with E-state index in [1.54, 1.807) is 6.08 Å². The van der Waals surface area contributed by atoms with Gasteiger partial charge in [0.15, 0.2) is 6.29 Å². The topological polar surface area (TPSA) is 149 Å². The summed E-state index contributed by atoms with van der Waals surface area (Å²) in [5.41, 5.74) is 0. The van der Waals surface area contributed by atoms with E-state index in [1.165, 1.54) is 199 Å². The summed E-state index contributed by atoms with van der Waals surface area (Å²) < 4.78 is 11.3. The summed E-state index contributed by atoms with van der Waals surface area (Å²) in [6.07, 6.45) is 54.9. The molecule has 1 saturated heterocycles. The lowest BCUT2D eigenvalue weighted by Crippen LogP contribution is -2.60. The zero-order valence-corrected chi connectivity index (χ0v) is 43.7. The number of hydrogen-bond acceptors (Lipinski definition) is 8. The largest absolute Gasteiger partial charge is 0.394 e. The van der Waals surface area contributed by atoms with Gasteiger partial charge in [0.2, 0.25) is 5.91 Å². The maximum atomic E-state index is 13.1. The van der Waals surface area contributed by atoms with Crippen LogP contribution in [0.2, 0.25) is 0 Å². The van der Waals surface area contributed by atoms with Crippen LogP contribution in [0, 0.1) is 0 Å². The summed E-state index contributed by atoms with van der Waals surface area (Å²) in [7, 11) is 0. The number of aliphatic hydroxyl groups is 5. The summed E-state index contributed by atoms with van der Waals surface area (Å²) in [6.45, 7) is 3.71. The highest BCUT2D eigenvalue weighted by atomic mass is 16.7. The molecule has 0 aromatic rings. The Kier molecular flexibility index (Phi) is 45.5. The van der Waals surface area contributed by atoms with Crippen LogP contribution in [0.25, 0.3) is 0 Å². The van der Waals surface area contributed by atoms with E-state index in [0.717, 1.165) is 51.4 Å². The first-order valence-corrected chi connectivity index (χ1v) is 28.7. The molecule has 0 aromatic heterocycles. The van der Waals surface area contributed by atoms with E-state index in [0.29, 0.717) is 6.42 Å². The van der Waals surface area contributed by atoms with Crippen molar-refractivity contribution in [1.29, 1.82) is 0 Å². The standard InChI is InChI=1S/C58H109NO8/c1-3-5-7-9-11-13-15-17-19-21-23-25-26-28-29-31-33-35-37-39-41-43-45-47-52(61)51(50-66-58-57(65)56(64)55(63)53(49-60)67-58)59-54(62)48-46-44-42-40-38-36-34-32-30-27-24-22-20-18-16-14-12-10-8-6-4-2/h6,8,12,14,45,47,51-53,55-58,60-61,63-65H,3-5,7,9-11,13,15-44,46,48-50H2,1-2H3,(H,59,62)/b8-6-,14-12-,47-45+. The maximum absolute atomic E-state index is 13.1. The minimum atomic E-state index is -1.57. The third-order valence-electron chi connectivity index (χ3n) is 13.7. The molecule has 0 aromatic carbocycles. The lowest BCUT2D eigenvalue weighted by Gasteiger charge is -2.40. The zero-order valence-electron chi connectivity index (χ0n) is 43.7. The Morgan fingerprint density at radius 2 is 0.925 bits per heavy atom. The van der Waals surface area contributed by atoms with Crippen molar-refractivity contribution in [2.75, 3.05) is 13.2 Å². The van der Waals surface area contributed by atoms with E-state index in [4.69, 9.17) is 9.47 Å². The summed E-state index contributed by atoms with van der Waals surface area (Å²) in [4.78, 5) is 13.1. The van der Waals surface area contributed by atoms with Gasteiger partial charge >= 0.3 is 0 Å². The first-order chi connectivity index (χ1) is 32.8. The first kappa shape index (κ1) is 63.4. The van der Waals surface area contributed by atoms with Crippen LogP contribution in [-0.4, -0.2) is 87.5 Å². The van der Waals surface area contributed by atoms with Gasteiger partial charge in [-0.3, -0.25) is 4.79 Å². The van der Waals surface area contributed by atoms with Crippen LogP contribution in [0.15, 0.2) is 36.5 Å². The molecular weight excluding hydrogens is 839 g/mol. The fourth-order valence-electron chi connectivity index (χ4n) is 9.20. The fourth-order valence-corrected chi connectivity index (χ4v) is 9.20. The summed E-state index contributed by atoms with van der Waals surface area (Å²) in [6, 6.07) is -0.804. The SMILES string of the molecule is CC/C=C\C/C=C\CCCCCCCCCCCCCCCCC(=O)NC(COC1OC(CO)C(O)C(O)C1O)C(O)/C=C/CCCCCCCCCCCCCCCCCCCCCCC. The van der Waals surface area contributed by atoms with Crippen molar-refractivity contribution in [3.63, 3.8) is 0 Å². The summed E-state index contributed by atoms with van der Waals surface area (Å²) in [5, 5.41) is 54.5. The second-order valence-electron chi connectivity index (χ2n) is 20.1. The Morgan fingerprint density at radius 3 is 1.36 bits per heavy atom. The number of unbranched alkanes of at least 4 members (excludes halogenated alkanes) is 35. The Morgan fingerprint density at radius 1 is 0.522 bits per heavy atom. The molecule has 1 aliphatic rings. The minimum absolute atomic E-state index is 0.175. The van der Waals surface area contributed by atoms with Gasteiger partial charge in [-0.15, -0.1) is 0 Å². The van der Waals surface area contributed by atoms with Gasteiger partial charge in [0.05, 0.1) is 25.4 Å². The van der Waals surface area contributed by atoms with Crippen molar-refractivity contribution in [3.05, 3.63) is 36.5 Å². The Labute approximate surface area is 412 Å². The molecule has 0 bridgehead atoms. The second kappa shape index (κ2) is 48.1. The minimum Gasteiger partial charge on any atom is -0.394 e.